The van der Waals surface area contributed by atoms with Gasteiger partial charge in [0.15, 0.2) is 0 Å². The Bertz CT molecular complexity index is 875. The number of amides is 1. The molecule has 0 fully saturated rings. The molecule has 1 heterocycles. The summed E-state index contributed by atoms with van der Waals surface area (Å²) in [4.78, 5) is 16.2. The first-order chi connectivity index (χ1) is 12.6. The van der Waals surface area contributed by atoms with E-state index in [1.807, 2.05) is 63.5 Å². The first-order valence-corrected chi connectivity index (χ1v) is 9.61. The van der Waals surface area contributed by atoms with Crippen LogP contribution in [0.1, 0.15) is 28.2 Å². The van der Waals surface area contributed by atoms with Crippen LogP contribution in [0.2, 0.25) is 0 Å². The lowest BCUT2D eigenvalue weighted by molar-refractivity contribution is 0.0938. The van der Waals surface area contributed by atoms with Gasteiger partial charge in [0, 0.05) is 11.4 Å². The smallest absolute Gasteiger partial charge is 0.255 e. The van der Waals surface area contributed by atoms with Crippen molar-refractivity contribution in [1.82, 2.24) is 10.2 Å². The van der Waals surface area contributed by atoms with E-state index in [2.05, 4.69) is 21.7 Å². The Labute approximate surface area is 158 Å². The van der Waals surface area contributed by atoms with Gasteiger partial charge in [-0.1, -0.05) is 30.3 Å². The summed E-state index contributed by atoms with van der Waals surface area (Å²) in [5.74, 6) is 0.517. The summed E-state index contributed by atoms with van der Waals surface area (Å²) < 4.78 is 5.72. The van der Waals surface area contributed by atoms with Crippen molar-refractivity contribution in [1.29, 1.82) is 0 Å². The molecule has 0 aliphatic heterocycles. The molecule has 0 aliphatic carbocycles. The Hall–Kier alpha value is -2.37. The maximum atomic E-state index is 12.9. The summed E-state index contributed by atoms with van der Waals surface area (Å²) in [7, 11) is 4.05. The van der Waals surface area contributed by atoms with E-state index in [0.29, 0.717) is 24.5 Å². The maximum Gasteiger partial charge on any atom is 0.255 e. The number of carbonyl (C=O) groups excluding carboxylic acids is 1. The predicted octanol–water partition coefficient (Wildman–Crippen LogP) is 4.33. The quantitative estimate of drug-likeness (QED) is 0.675. The highest BCUT2D eigenvalue weighted by Gasteiger charge is 2.19. The molecule has 1 N–H and O–H groups in total. The molecule has 1 aromatic heterocycles. The van der Waals surface area contributed by atoms with E-state index in [1.54, 1.807) is 11.3 Å². The van der Waals surface area contributed by atoms with E-state index in [0.717, 1.165) is 10.8 Å². The van der Waals surface area contributed by atoms with Crippen LogP contribution in [0.3, 0.4) is 0 Å². The SMILES string of the molecule is CCOc1cc2ccccc2cc1C(=O)NCC(c1cccs1)N(C)C. The average molecular weight is 369 g/mol. The zero-order chi connectivity index (χ0) is 18.5. The molecule has 0 saturated heterocycles. The van der Waals surface area contributed by atoms with Gasteiger partial charge in [-0.15, -0.1) is 11.3 Å². The van der Waals surface area contributed by atoms with Crippen LogP contribution in [0.25, 0.3) is 10.8 Å². The molecule has 0 spiro atoms. The summed E-state index contributed by atoms with van der Waals surface area (Å²) >= 11 is 1.70. The van der Waals surface area contributed by atoms with Gasteiger partial charge in [-0.05, 0) is 55.4 Å². The monoisotopic (exact) mass is 368 g/mol. The third-order valence-corrected chi connectivity index (χ3v) is 5.32. The molecule has 0 saturated carbocycles. The normalized spacial score (nSPS) is 12.3. The Morgan fingerprint density at radius 3 is 2.50 bits per heavy atom. The number of likely N-dealkylation sites (N-methyl/N-ethyl adjacent to an activating group) is 1. The van der Waals surface area contributed by atoms with Gasteiger partial charge < -0.3 is 15.0 Å². The fraction of sp³-hybridized carbons (Fsp3) is 0.286. The van der Waals surface area contributed by atoms with Crippen molar-refractivity contribution in [3.8, 4) is 5.75 Å². The second-order valence-corrected chi connectivity index (χ2v) is 7.31. The minimum absolute atomic E-state index is 0.109. The molecule has 0 aliphatic rings. The van der Waals surface area contributed by atoms with Gasteiger partial charge in [0.25, 0.3) is 5.91 Å². The number of nitrogens with one attached hydrogen (secondary N) is 1. The molecule has 1 atom stereocenters. The van der Waals surface area contributed by atoms with Gasteiger partial charge in [0.2, 0.25) is 0 Å². The van der Waals surface area contributed by atoms with Crippen molar-refractivity contribution in [3.63, 3.8) is 0 Å². The molecule has 3 rings (SSSR count). The van der Waals surface area contributed by atoms with Crippen LogP contribution in [0.4, 0.5) is 0 Å². The molecular formula is C21H24N2O2S. The Balaban J connectivity index is 1.83. The summed E-state index contributed by atoms with van der Waals surface area (Å²) in [5.41, 5.74) is 0.578. The maximum absolute atomic E-state index is 12.9. The molecule has 136 valence electrons. The molecule has 1 unspecified atom stereocenters. The van der Waals surface area contributed by atoms with E-state index in [4.69, 9.17) is 4.74 Å². The highest BCUT2D eigenvalue weighted by atomic mass is 32.1. The highest BCUT2D eigenvalue weighted by Crippen LogP contribution is 2.27. The largest absolute Gasteiger partial charge is 0.493 e. The number of ether oxygens (including phenoxy) is 1. The van der Waals surface area contributed by atoms with Gasteiger partial charge in [-0.25, -0.2) is 0 Å². The van der Waals surface area contributed by atoms with E-state index >= 15 is 0 Å². The van der Waals surface area contributed by atoms with E-state index in [1.165, 1.54) is 4.88 Å². The van der Waals surface area contributed by atoms with Gasteiger partial charge in [0.05, 0.1) is 18.2 Å². The number of rotatable bonds is 7. The van der Waals surface area contributed by atoms with Crippen LogP contribution >= 0.6 is 11.3 Å². The lowest BCUT2D eigenvalue weighted by Gasteiger charge is -2.23. The number of benzene rings is 2. The van der Waals surface area contributed by atoms with Crippen molar-refractivity contribution < 1.29 is 9.53 Å². The Morgan fingerprint density at radius 2 is 1.88 bits per heavy atom. The molecule has 0 radical (unpaired) electrons. The summed E-state index contributed by atoms with van der Waals surface area (Å²) in [6.07, 6.45) is 0. The highest BCUT2D eigenvalue weighted by molar-refractivity contribution is 7.10. The topological polar surface area (TPSA) is 41.6 Å². The lowest BCUT2D eigenvalue weighted by atomic mass is 10.0. The first kappa shape index (κ1) is 18.4. The van der Waals surface area contributed by atoms with Crippen LogP contribution in [0.5, 0.6) is 5.75 Å². The van der Waals surface area contributed by atoms with Gasteiger partial charge in [-0.2, -0.15) is 0 Å². The molecule has 4 nitrogen and oxygen atoms in total. The fourth-order valence-electron chi connectivity index (χ4n) is 2.97. The number of nitrogens with zero attached hydrogens (tertiary/aromatic N) is 1. The van der Waals surface area contributed by atoms with Gasteiger partial charge >= 0.3 is 0 Å². The molecule has 1 amide bonds. The molecule has 0 bridgehead atoms. The van der Waals surface area contributed by atoms with Crippen LogP contribution in [0.15, 0.2) is 53.9 Å². The number of hydrogen-bond donors (Lipinski definition) is 1. The lowest BCUT2D eigenvalue weighted by Crippen LogP contribution is -2.34. The third kappa shape index (κ3) is 4.06. The van der Waals surface area contributed by atoms with Crippen molar-refractivity contribution in [2.24, 2.45) is 0 Å². The molecular weight excluding hydrogens is 344 g/mol. The van der Waals surface area contributed by atoms with Crippen molar-refractivity contribution >= 4 is 28.0 Å². The van der Waals surface area contributed by atoms with Crippen molar-refractivity contribution in [2.75, 3.05) is 27.2 Å². The summed E-state index contributed by atoms with van der Waals surface area (Å²) in [6, 6.07) is 16.1. The Morgan fingerprint density at radius 1 is 1.15 bits per heavy atom. The fourth-order valence-corrected chi connectivity index (χ4v) is 3.90. The van der Waals surface area contributed by atoms with E-state index in [9.17, 15) is 4.79 Å². The molecule has 2 aromatic carbocycles. The van der Waals surface area contributed by atoms with Crippen molar-refractivity contribution in [3.05, 3.63) is 64.4 Å². The van der Waals surface area contributed by atoms with E-state index < -0.39 is 0 Å². The van der Waals surface area contributed by atoms with Crippen LogP contribution < -0.4 is 10.1 Å². The second kappa shape index (κ2) is 8.34. The molecule has 5 heteroatoms. The van der Waals surface area contributed by atoms with Crippen molar-refractivity contribution in [2.45, 2.75) is 13.0 Å². The minimum Gasteiger partial charge on any atom is -0.493 e. The van der Waals surface area contributed by atoms with Gasteiger partial charge in [-0.3, -0.25) is 4.79 Å². The summed E-state index contributed by atoms with van der Waals surface area (Å²) in [5, 5.41) is 7.24. The zero-order valence-corrected chi connectivity index (χ0v) is 16.2. The zero-order valence-electron chi connectivity index (χ0n) is 15.4. The summed E-state index contributed by atoms with van der Waals surface area (Å²) in [6.45, 7) is 2.99. The standard InChI is InChI=1S/C21H24N2O2S/c1-4-25-19-13-16-9-6-5-8-15(16)12-17(19)21(24)22-14-18(23(2)3)20-10-7-11-26-20/h5-13,18H,4,14H2,1-3H3,(H,22,24). The number of fused-ring (bicyclic) bond motifs is 1. The number of hydrogen-bond acceptors (Lipinski definition) is 4. The van der Waals surface area contributed by atoms with Crippen LogP contribution in [0, 0.1) is 0 Å². The predicted molar refractivity (Wildman–Crippen MR) is 108 cm³/mol. The van der Waals surface area contributed by atoms with Crippen LogP contribution in [-0.2, 0) is 0 Å². The molecule has 26 heavy (non-hydrogen) atoms. The van der Waals surface area contributed by atoms with Gasteiger partial charge in [0.1, 0.15) is 5.75 Å². The first-order valence-electron chi connectivity index (χ1n) is 8.73. The number of thiophene rings is 1. The average Bonchev–Trinajstić information content (AvgIpc) is 3.15. The minimum atomic E-state index is -0.109. The van der Waals surface area contributed by atoms with E-state index in [-0.39, 0.29) is 11.9 Å². The third-order valence-electron chi connectivity index (χ3n) is 4.34. The second-order valence-electron chi connectivity index (χ2n) is 6.33. The molecule has 3 aromatic rings. The van der Waals surface area contributed by atoms with Crippen LogP contribution in [-0.4, -0.2) is 38.1 Å². The number of carbonyl (C=O) groups is 1. The Kier molecular flexibility index (Phi) is 5.91.